The van der Waals surface area contributed by atoms with E-state index in [2.05, 4.69) is 147 Å². The smallest absolute Gasteiger partial charge is 0.0277 e. The van der Waals surface area contributed by atoms with Gasteiger partial charge >= 0.3 is 0 Å². The largest absolute Gasteiger partial charge is 0.0683 e. The Kier molecular flexibility index (Phi) is 65.8. The van der Waals surface area contributed by atoms with Crippen LogP contribution in [0.25, 0.3) is 22.3 Å². The summed E-state index contributed by atoms with van der Waals surface area (Å²) >= 11 is 0. The summed E-state index contributed by atoms with van der Waals surface area (Å²) in [5, 5.41) is 0. The number of benzene rings is 6. The van der Waals surface area contributed by atoms with Crippen LogP contribution in [0.15, 0.2) is 133 Å². The van der Waals surface area contributed by atoms with Crippen molar-refractivity contribution in [3.63, 3.8) is 0 Å². The van der Waals surface area contributed by atoms with Gasteiger partial charge in [0.15, 0.2) is 0 Å². The van der Waals surface area contributed by atoms with Crippen LogP contribution in [0.1, 0.15) is 388 Å². The highest BCUT2D eigenvalue weighted by Crippen LogP contribution is 2.73. The van der Waals surface area contributed by atoms with Gasteiger partial charge in [-0.15, -0.1) is 0 Å². The number of fused-ring (bicyclic) bond motifs is 6. The minimum atomic E-state index is 0.293. The predicted octanol–water partition coefficient (Wildman–Crippen LogP) is 33.2. The molecule has 8 aliphatic rings. The second-order valence-electron chi connectivity index (χ2n) is 20.3. The number of hydrogen-bond donors (Lipinski definition) is 0. The lowest BCUT2D eigenvalue weighted by Gasteiger charge is -2.46. The average Bonchev–Trinajstić information content (AvgIpc) is 1.52. The van der Waals surface area contributed by atoms with Crippen molar-refractivity contribution >= 4 is 0 Å². The Morgan fingerprint density at radius 2 is 0.568 bits per heavy atom. The van der Waals surface area contributed by atoms with Gasteiger partial charge in [-0.05, 0) is 165 Å². The van der Waals surface area contributed by atoms with Crippen LogP contribution >= 0.6 is 0 Å². The predicted molar refractivity (Wildman–Crippen MR) is 447 cm³/mol. The van der Waals surface area contributed by atoms with Crippen molar-refractivity contribution in [2.75, 3.05) is 0 Å². The first kappa shape index (κ1) is 101. The van der Waals surface area contributed by atoms with Gasteiger partial charge in [0, 0.05) is 22.7 Å². The standard InChI is InChI=1S/C30H30.C29H28.18C2H6/c1-2-19-9-3-4-11-22(19)26-18-21-17-20-10-7-16-27(20)30(21)28-15-6-5-12-23(28)24-13-8-14-25(26)29(24)30;1-18-8-2-3-10-21(18)25-17-20-16-19-9-6-15-26(19)29(20)27-14-5-4-11-22(27)23-12-7-13-24(25)28(23)29;18*1-2/h3-6,8-9,11-15,20-21,26-27H,2,7,10,16-18H2,1H3;2-5,7-8,10-14,19-20,25-26H,6,9,15-17H2,1H3;18*1-2H3/t20?,21-,26?,27?,30+;19?,20-,25?,26?,29+;;;;;;;;;;;;;;;;;;/m11................../s1. The van der Waals surface area contributed by atoms with Crippen LogP contribution < -0.4 is 0 Å². The van der Waals surface area contributed by atoms with Crippen molar-refractivity contribution in [2.45, 2.75) is 356 Å². The molecule has 6 unspecified atom stereocenters. The Balaban J connectivity index is -0.000000284. The first-order chi connectivity index (χ1) is 47.1. The van der Waals surface area contributed by atoms with E-state index >= 15 is 0 Å². The first-order valence-electron chi connectivity index (χ1n) is 41.7. The minimum Gasteiger partial charge on any atom is -0.0683 e. The molecule has 6 aromatic rings. The number of hydrogen-bond acceptors (Lipinski definition) is 0. The van der Waals surface area contributed by atoms with Crippen LogP contribution in [-0.2, 0) is 17.3 Å². The molecule has 0 N–H and O–H groups in total. The van der Waals surface area contributed by atoms with E-state index in [9.17, 15) is 0 Å². The second-order valence-corrected chi connectivity index (χ2v) is 20.3. The maximum Gasteiger partial charge on any atom is 0.0277 e. The molecule has 546 valence electrons. The quantitative estimate of drug-likeness (QED) is 0.166. The van der Waals surface area contributed by atoms with E-state index in [-0.39, 0.29) is 0 Å². The molecule has 0 aliphatic heterocycles. The lowest BCUT2D eigenvalue weighted by Crippen LogP contribution is -2.41. The Hall–Kier alpha value is -4.68. The molecule has 2 spiro atoms. The molecule has 0 heteroatoms. The third-order valence-corrected chi connectivity index (χ3v) is 18.5. The Bertz CT molecular complexity index is 2660. The summed E-state index contributed by atoms with van der Waals surface area (Å²) in [4.78, 5) is 0. The Labute approximate surface area is 599 Å². The topological polar surface area (TPSA) is 0 Å². The van der Waals surface area contributed by atoms with Gasteiger partial charge in [-0.2, -0.15) is 0 Å². The molecule has 10 atom stereocenters. The van der Waals surface area contributed by atoms with E-state index < -0.39 is 0 Å². The van der Waals surface area contributed by atoms with Gasteiger partial charge in [0.05, 0.1) is 0 Å². The highest BCUT2D eigenvalue weighted by atomic mass is 14.7. The summed E-state index contributed by atoms with van der Waals surface area (Å²) in [6.07, 6.45) is 15.3. The Morgan fingerprint density at radius 3 is 0.916 bits per heavy atom. The highest BCUT2D eigenvalue weighted by Gasteiger charge is 2.65. The van der Waals surface area contributed by atoms with Crippen molar-refractivity contribution in [1.29, 1.82) is 0 Å². The molecule has 0 radical (unpaired) electrons. The third kappa shape index (κ3) is 21.7. The summed E-state index contributed by atoms with van der Waals surface area (Å²) in [5.41, 5.74) is 23.0. The highest BCUT2D eigenvalue weighted by molar-refractivity contribution is 5.86. The number of rotatable bonds is 3. The monoisotopic (exact) mass is 1310 g/mol. The SMILES string of the molecule is CC.CC.CC.CC.CC.CC.CC.CC.CC.CC.CC.CC.CC.CC.CC.CC.CC.CC.CCc1ccccc1C1C[C@H]2CC3CCCC3[C@]23c2ccccc2-c2cccc1c23.Cc1ccccc1C1C[C@H]2CC3CCCC3[C@]23c2ccccc2-c2cccc1c23. The molecule has 4 saturated carbocycles. The van der Waals surface area contributed by atoms with Crippen molar-refractivity contribution in [2.24, 2.45) is 35.5 Å². The molecular weight excluding hydrogens is 1140 g/mol. The van der Waals surface area contributed by atoms with E-state index in [4.69, 9.17) is 0 Å². The molecule has 0 heterocycles. The summed E-state index contributed by atoms with van der Waals surface area (Å²) in [7, 11) is 0. The maximum atomic E-state index is 2.49. The molecule has 6 aromatic carbocycles. The first-order valence-corrected chi connectivity index (χ1v) is 41.7. The van der Waals surface area contributed by atoms with E-state index in [0.29, 0.717) is 22.7 Å². The molecule has 0 saturated heterocycles. The van der Waals surface area contributed by atoms with Gasteiger partial charge in [-0.25, -0.2) is 0 Å². The summed E-state index contributed by atoms with van der Waals surface area (Å²) in [5.74, 6) is 6.27. The van der Waals surface area contributed by atoms with Crippen molar-refractivity contribution in [1.82, 2.24) is 0 Å². The van der Waals surface area contributed by atoms with Crippen molar-refractivity contribution < 1.29 is 0 Å². The van der Waals surface area contributed by atoms with Gasteiger partial charge < -0.3 is 0 Å². The van der Waals surface area contributed by atoms with Crippen molar-refractivity contribution in [3.05, 3.63) is 189 Å². The Morgan fingerprint density at radius 1 is 0.284 bits per heavy atom. The van der Waals surface area contributed by atoms with Crippen LogP contribution in [0.5, 0.6) is 0 Å². The van der Waals surface area contributed by atoms with Crippen LogP contribution in [0.2, 0.25) is 0 Å². The fourth-order valence-corrected chi connectivity index (χ4v) is 16.8. The molecule has 0 bridgehead atoms. The molecule has 14 rings (SSSR count). The zero-order valence-electron chi connectivity index (χ0n) is 71.1. The van der Waals surface area contributed by atoms with Gasteiger partial charge in [-0.1, -0.05) is 415 Å². The van der Waals surface area contributed by atoms with Crippen LogP contribution in [0, 0.1) is 42.4 Å². The molecule has 4 fully saturated rings. The van der Waals surface area contributed by atoms with E-state index in [1.54, 1.807) is 61.2 Å². The molecular formula is C95H166. The second kappa shape index (κ2) is 61.6. The van der Waals surface area contributed by atoms with Crippen LogP contribution in [0.4, 0.5) is 0 Å². The molecule has 0 amide bonds. The molecule has 95 heavy (non-hydrogen) atoms. The van der Waals surface area contributed by atoms with Gasteiger partial charge in [0.25, 0.3) is 0 Å². The normalized spacial score (nSPS) is 21.5. The molecule has 0 aromatic heterocycles. The van der Waals surface area contributed by atoms with E-state index in [1.807, 2.05) is 249 Å². The lowest BCUT2D eigenvalue weighted by atomic mass is 9.56. The fourth-order valence-electron chi connectivity index (χ4n) is 16.8. The minimum absolute atomic E-state index is 0.293. The summed E-state index contributed by atoms with van der Waals surface area (Å²) in [6, 6.07) is 51.8. The zero-order valence-corrected chi connectivity index (χ0v) is 71.1. The third-order valence-electron chi connectivity index (χ3n) is 18.5. The lowest BCUT2D eigenvalue weighted by molar-refractivity contribution is 0.255. The summed E-state index contributed by atoms with van der Waals surface area (Å²) < 4.78 is 0. The van der Waals surface area contributed by atoms with Gasteiger partial charge in [0.1, 0.15) is 0 Å². The van der Waals surface area contributed by atoms with Gasteiger partial charge in [-0.3, -0.25) is 0 Å². The summed E-state index contributed by atoms with van der Waals surface area (Å²) in [6.45, 7) is 76.6. The zero-order chi connectivity index (χ0) is 75.0. The van der Waals surface area contributed by atoms with Gasteiger partial charge in [0.2, 0.25) is 0 Å². The molecule has 0 nitrogen and oxygen atoms in total. The average molecular weight is 1310 g/mol. The van der Waals surface area contributed by atoms with Crippen LogP contribution in [0.3, 0.4) is 0 Å². The number of aryl methyl sites for hydroxylation is 2. The fraction of sp³-hybridized carbons (Fsp3) is 0.621. The molecule has 8 aliphatic carbocycles. The van der Waals surface area contributed by atoms with E-state index in [1.165, 1.54) is 80.9 Å². The van der Waals surface area contributed by atoms with Crippen LogP contribution in [-0.4, -0.2) is 0 Å². The van der Waals surface area contributed by atoms with E-state index in [0.717, 1.165) is 41.9 Å². The van der Waals surface area contributed by atoms with Crippen molar-refractivity contribution in [3.8, 4) is 22.3 Å². The maximum absolute atomic E-state index is 2.49.